The standard InChI is InChI=1S/8C10H20O2.B.Bi/c8*1-2-3-4-5-6-7-8-9-10(11)12;;/h8*2-9H2,1H3,(H,11,12);;/q;;;;;;;;2*+3/p-8. The molecule has 0 atom stereocenters. The van der Waals surface area contributed by atoms with Crippen molar-refractivity contribution in [2.45, 2.75) is 466 Å². The third-order valence-corrected chi connectivity index (χ3v) is 15.9. The second-order valence-corrected chi connectivity index (χ2v) is 25.9. The van der Waals surface area contributed by atoms with Crippen LogP contribution in [0, 0.1) is 0 Å². The van der Waals surface area contributed by atoms with E-state index in [2.05, 4.69) is 55.4 Å². The summed E-state index contributed by atoms with van der Waals surface area (Å²) in [6, 6.07) is 0. The van der Waals surface area contributed by atoms with E-state index in [-0.39, 0.29) is 86.0 Å². The zero-order valence-electron chi connectivity index (χ0n) is 64.8. The van der Waals surface area contributed by atoms with Gasteiger partial charge >= 0.3 is 34.6 Å². The van der Waals surface area contributed by atoms with Crippen molar-refractivity contribution in [3.05, 3.63) is 0 Å². The Bertz CT molecular complexity index is 1240. The molecular formula is C80H152BBiO16-2. The van der Waals surface area contributed by atoms with Crippen LogP contribution in [-0.4, -0.2) is 82.4 Å². The number of carbonyl (C=O) groups excluding carboxylic acids is 8. The van der Waals surface area contributed by atoms with Crippen LogP contribution in [0.4, 0.5) is 0 Å². The van der Waals surface area contributed by atoms with Crippen molar-refractivity contribution in [1.82, 2.24) is 0 Å². The number of unbranched alkanes of at least 4 members (excludes halogenated alkanes) is 48. The Labute approximate surface area is 624 Å². The van der Waals surface area contributed by atoms with Crippen LogP contribution in [0.15, 0.2) is 0 Å². The summed E-state index contributed by atoms with van der Waals surface area (Å²) in [6.45, 7) is 17.5. The van der Waals surface area contributed by atoms with Crippen LogP contribution in [0.5, 0.6) is 0 Å². The van der Waals surface area contributed by atoms with Gasteiger partial charge in [0.1, 0.15) is 0 Å². The van der Waals surface area contributed by atoms with Gasteiger partial charge in [-0.2, -0.15) is 0 Å². The summed E-state index contributed by atoms with van der Waals surface area (Å²) in [5.41, 5.74) is 0. The van der Waals surface area contributed by atoms with Gasteiger partial charge in [0.05, 0.1) is 0 Å². The summed E-state index contributed by atoms with van der Waals surface area (Å²) in [4.78, 5) is 80.2. The van der Waals surface area contributed by atoms with E-state index in [1.54, 1.807) is 0 Å². The molecule has 0 saturated heterocycles. The van der Waals surface area contributed by atoms with Gasteiger partial charge in [0.2, 0.25) is 0 Å². The maximum atomic E-state index is 10.0. The topological polar surface area (TPSA) is 321 Å². The fraction of sp³-hybridized carbons (Fsp3) is 0.900. The number of rotatable bonds is 64. The van der Waals surface area contributed by atoms with Crippen molar-refractivity contribution in [1.29, 1.82) is 0 Å². The van der Waals surface area contributed by atoms with Gasteiger partial charge in [0.15, 0.2) is 0 Å². The molecule has 0 saturated carbocycles. The van der Waals surface area contributed by atoms with Gasteiger partial charge in [-0.25, -0.2) is 0 Å². The average molecular weight is 1590 g/mol. The normalized spacial score (nSPS) is 9.88. The number of carboxylic acids is 8. The summed E-state index contributed by atoms with van der Waals surface area (Å²) in [5, 5.41) is 80.2. The van der Waals surface area contributed by atoms with Crippen molar-refractivity contribution in [2.24, 2.45) is 0 Å². The predicted molar refractivity (Wildman–Crippen MR) is 392 cm³/mol. The first kappa shape index (κ1) is 116. The van der Waals surface area contributed by atoms with Crippen LogP contribution in [0.1, 0.15) is 466 Å². The number of carbonyl (C=O) groups is 8. The van der Waals surface area contributed by atoms with Crippen LogP contribution in [0.25, 0.3) is 0 Å². The maximum Gasteiger partial charge on any atom is 3.00 e. The van der Waals surface area contributed by atoms with Gasteiger partial charge in [-0.15, -0.1) is 0 Å². The van der Waals surface area contributed by atoms with Crippen molar-refractivity contribution >= 4 is 82.4 Å². The molecule has 98 heavy (non-hydrogen) atoms. The molecule has 0 spiro atoms. The molecule has 2 radical (unpaired) electrons. The Balaban J connectivity index is -0.000000113. The molecular weight excluding hydrogens is 1440 g/mol. The summed E-state index contributed by atoms with van der Waals surface area (Å²) in [5.74, 6) is -7.31. The molecule has 0 aromatic rings. The minimum Gasteiger partial charge on any atom is -0.550 e. The summed E-state index contributed by atoms with van der Waals surface area (Å²) in [6.07, 6.45) is 66.7. The van der Waals surface area contributed by atoms with Gasteiger partial charge in [0, 0.05) is 47.8 Å². The molecule has 0 aromatic carbocycles. The quantitative estimate of drug-likeness (QED) is 0.0403. The predicted octanol–water partition coefficient (Wildman–Crippen LogP) is 14.3. The van der Waals surface area contributed by atoms with Crippen molar-refractivity contribution < 1.29 is 79.2 Å². The largest absolute Gasteiger partial charge is 3.00 e. The molecule has 0 aliphatic rings. The van der Waals surface area contributed by atoms with E-state index in [0.29, 0.717) is 0 Å². The Morgan fingerprint density at radius 2 is 0.204 bits per heavy atom. The maximum absolute atomic E-state index is 10.0. The van der Waals surface area contributed by atoms with Crippen molar-refractivity contribution in [3.63, 3.8) is 0 Å². The van der Waals surface area contributed by atoms with E-state index < -0.39 is 47.8 Å². The average Bonchev–Trinajstić information content (AvgIpc) is 3.56. The SMILES string of the molecule is CCCCCCCCCC(=O)[O-].CCCCCCCCCC(=O)[O-].CCCCCCCCCC(=O)[O-].CCCCCCCCCC(=O)[O-].CCCCCCCCCC(=O)[O-].CCCCCCCCCC(=O)[O-].CCCCCCCCCC(=O)[O-].CCCCCCCCCC(=O)[O-].[B+3].[Bi+3]. The molecule has 0 fully saturated rings. The van der Waals surface area contributed by atoms with Crippen LogP contribution in [0.2, 0.25) is 0 Å². The molecule has 0 amide bonds. The molecule has 0 bridgehead atoms. The first-order chi connectivity index (χ1) is 46.2. The Morgan fingerprint density at radius 1 is 0.143 bits per heavy atom. The van der Waals surface area contributed by atoms with Crippen molar-refractivity contribution in [2.75, 3.05) is 0 Å². The van der Waals surface area contributed by atoms with E-state index in [0.717, 1.165) is 103 Å². The first-order valence-corrected chi connectivity index (χ1v) is 39.8. The van der Waals surface area contributed by atoms with E-state index in [9.17, 15) is 79.2 Å². The fourth-order valence-corrected chi connectivity index (χ4v) is 9.81. The minimum atomic E-state index is -0.913. The molecule has 0 aliphatic carbocycles. The minimum absolute atomic E-state index is 0. The summed E-state index contributed by atoms with van der Waals surface area (Å²) in [7, 11) is 0. The van der Waals surface area contributed by atoms with Crippen LogP contribution >= 0.6 is 0 Å². The molecule has 0 N–H and O–H groups in total. The number of aliphatic carboxylic acids is 8. The van der Waals surface area contributed by atoms with Gasteiger partial charge in [-0.05, 0) is 103 Å². The molecule has 0 unspecified atom stereocenters. The molecule has 578 valence electrons. The molecule has 0 aliphatic heterocycles. The van der Waals surface area contributed by atoms with Gasteiger partial charge in [-0.3, -0.25) is 0 Å². The zero-order chi connectivity index (χ0) is 73.9. The second kappa shape index (κ2) is 112. The Hall–Kier alpha value is -3.29. The molecule has 0 aromatic heterocycles. The third kappa shape index (κ3) is 165. The van der Waals surface area contributed by atoms with Crippen molar-refractivity contribution in [3.8, 4) is 0 Å². The van der Waals surface area contributed by atoms with E-state index in [1.807, 2.05) is 0 Å². The van der Waals surface area contributed by atoms with Crippen LogP contribution < -0.4 is 40.9 Å². The third-order valence-electron chi connectivity index (χ3n) is 15.9. The van der Waals surface area contributed by atoms with Gasteiger partial charge < -0.3 is 79.2 Å². The van der Waals surface area contributed by atoms with E-state index in [1.165, 1.54) is 257 Å². The van der Waals surface area contributed by atoms with E-state index in [4.69, 9.17) is 0 Å². The number of hydrogen-bond donors (Lipinski definition) is 0. The Morgan fingerprint density at radius 3 is 0.265 bits per heavy atom. The fourth-order valence-electron chi connectivity index (χ4n) is 9.81. The van der Waals surface area contributed by atoms with E-state index >= 15 is 0 Å². The molecule has 0 heterocycles. The molecule has 16 nitrogen and oxygen atoms in total. The first-order valence-electron chi connectivity index (χ1n) is 39.8. The van der Waals surface area contributed by atoms with Crippen LogP contribution in [-0.2, 0) is 38.4 Å². The monoisotopic (exact) mass is 1590 g/mol. The summed E-state index contributed by atoms with van der Waals surface area (Å²) >= 11 is 0. The van der Waals surface area contributed by atoms with Crippen LogP contribution in [0.3, 0.4) is 0 Å². The van der Waals surface area contributed by atoms with Gasteiger partial charge in [-0.1, -0.05) is 364 Å². The smallest absolute Gasteiger partial charge is 0.550 e. The summed E-state index contributed by atoms with van der Waals surface area (Å²) < 4.78 is 0. The second-order valence-electron chi connectivity index (χ2n) is 25.9. The number of carboxylic acid groups (broad SMARTS) is 8. The van der Waals surface area contributed by atoms with Gasteiger partial charge in [0.25, 0.3) is 0 Å². The molecule has 18 heteroatoms. The molecule has 0 rings (SSSR count). The Kier molecular flexibility index (Phi) is 133. The zero-order valence-corrected chi connectivity index (χ0v) is 68.3. The number of hydrogen-bond acceptors (Lipinski definition) is 16.